The maximum absolute atomic E-state index is 12.7. The lowest BCUT2D eigenvalue weighted by Gasteiger charge is -2.36. The van der Waals surface area contributed by atoms with E-state index in [1.807, 2.05) is 36.4 Å². The number of rotatable bonds is 9. The summed E-state index contributed by atoms with van der Waals surface area (Å²) in [6.07, 6.45) is 3.43. The molecular formula is C21H28N4O5S. The van der Waals surface area contributed by atoms with Crippen LogP contribution in [0.2, 0.25) is 0 Å². The summed E-state index contributed by atoms with van der Waals surface area (Å²) in [6.45, 7) is 5.18. The molecule has 0 saturated carbocycles. The third-order valence-corrected chi connectivity index (χ3v) is 6.73. The molecule has 10 heteroatoms. The van der Waals surface area contributed by atoms with E-state index in [4.69, 9.17) is 4.74 Å². The van der Waals surface area contributed by atoms with Crippen molar-refractivity contribution in [3.63, 3.8) is 0 Å². The summed E-state index contributed by atoms with van der Waals surface area (Å²) in [5, 5.41) is 9.29. The average molecular weight is 449 g/mol. The Labute approximate surface area is 182 Å². The molecule has 2 aromatic rings. The van der Waals surface area contributed by atoms with Gasteiger partial charge >= 0.3 is 5.97 Å². The van der Waals surface area contributed by atoms with Crippen molar-refractivity contribution in [2.45, 2.75) is 26.5 Å². The first-order valence-corrected chi connectivity index (χ1v) is 11.6. The Balaban J connectivity index is 1.64. The summed E-state index contributed by atoms with van der Waals surface area (Å²) in [7, 11) is -3.90. The van der Waals surface area contributed by atoms with Crippen LogP contribution < -0.4 is 14.4 Å². The van der Waals surface area contributed by atoms with Gasteiger partial charge in [0.2, 0.25) is 0 Å². The number of nitrogens with zero attached hydrogens (tertiary/aromatic N) is 3. The van der Waals surface area contributed by atoms with Crippen molar-refractivity contribution in [3.05, 3.63) is 54.4 Å². The van der Waals surface area contributed by atoms with Crippen molar-refractivity contribution >= 4 is 21.9 Å². The molecule has 1 atom stereocenters. The Kier molecular flexibility index (Phi) is 7.47. The van der Waals surface area contributed by atoms with Crippen molar-refractivity contribution in [2.24, 2.45) is 5.92 Å². The van der Waals surface area contributed by atoms with Crippen LogP contribution in [-0.4, -0.2) is 61.0 Å². The molecular weight excluding hydrogens is 420 g/mol. The number of piperazine rings is 1. The number of benzene rings is 1. The standard InChI is InChI=1S/C21H28N4O5S/c1-16(2)20(21(26)27)23-31(28,29)25-13-11-24(12-14-25)18-5-3-4-6-19(18)30-15-17-7-9-22-10-8-17/h3-10,16,20,23H,11-15H2,1-2H3,(H,26,27)/t20-/m1/s1. The topological polar surface area (TPSA) is 112 Å². The minimum absolute atomic E-state index is 0.248. The van der Waals surface area contributed by atoms with Crippen LogP contribution >= 0.6 is 0 Å². The van der Waals surface area contributed by atoms with Gasteiger partial charge < -0.3 is 14.7 Å². The zero-order valence-electron chi connectivity index (χ0n) is 17.6. The number of hydrogen-bond acceptors (Lipinski definition) is 6. The second-order valence-corrected chi connectivity index (χ2v) is 9.38. The first kappa shape index (κ1) is 23.0. The highest BCUT2D eigenvalue weighted by Crippen LogP contribution is 2.29. The molecule has 0 spiro atoms. The van der Waals surface area contributed by atoms with Gasteiger partial charge in [0, 0.05) is 38.6 Å². The van der Waals surface area contributed by atoms with E-state index >= 15 is 0 Å². The first-order chi connectivity index (χ1) is 14.8. The molecule has 0 unspecified atom stereocenters. The Morgan fingerprint density at radius 2 is 1.77 bits per heavy atom. The van der Waals surface area contributed by atoms with Gasteiger partial charge in [-0.2, -0.15) is 17.4 Å². The van der Waals surface area contributed by atoms with Crippen LogP contribution in [0, 0.1) is 5.92 Å². The fourth-order valence-electron chi connectivity index (χ4n) is 3.36. The van der Waals surface area contributed by atoms with Gasteiger partial charge in [0.05, 0.1) is 5.69 Å². The van der Waals surface area contributed by atoms with E-state index in [0.29, 0.717) is 19.7 Å². The molecule has 1 aromatic carbocycles. The van der Waals surface area contributed by atoms with Crippen molar-refractivity contribution in [1.82, 2.24) is 14.0 Å². The van der Waals surface area contributed by atoms with Gasteiger partial charge in [-0.05, 0) is 35.7 Å². The maximum atomic E-state index is 12.7. The smallest absolute Gasteiger partial charge is 0.322 e. The molecule has 3 rings (SSSR count). The lowest BCUT2D eigenvalue weighted by atomic mass is 10.1. The number of aromatic nitrogens is 1. The van der Waals surface area contributed by atoms with Gasteiger partial charge in [-0.25, -0.2) is 0 Å². The summed E-state index contributed by atoms with van der Waals surface area (Å²) in [6, 6.07) is 10.3. The van der Waals surface area contributed by atoms with Gasteiger partial charge in [0.1, 0.15) is 18.4 Å². The summed E-state index contributed by atoms with van der Waals surface area (Å²) in [5.74, 6) is -0.824. The second-order valence-electron chi connectivity index (χ2n) is 7.68. The molecule has 0 aliphatic carbocycles. The number of hydrogen-bond donors (Lipinski definition) is 2. The molecule has 1 aromatic heterocycles. The molecule has 0 amide bonds. The molecule has 2 heterocycles. The zero-order valence-corrected chi connectivity index (χ0v) is 18.5. The quantitative estimate of drug-likeness (QED) is 0.601. The number of carboxylic acid groups (broad SMARTS) is 1. The van der Waals surface area contributed by atoms with Gasteiger partial charge in [-0.1, -0.05) is 26.0 Å². The van der Waals surface area contributed by atoms with Gasteiger partial charge in [-0.3, -0.25) is 9.78 Å². The molecule has 2 N–H and O–H groups in total. The summed E-state index contributed by atoms with van der Waals surface area (Å²) in [5.41, 5.74) is 1.90. The zero-order chi connectivity index (χ0) is 22.4. The fraction of sp³-hybridized carbons (Fsp3) is 0.429. The van der Waals surface area contributed by atoms with Gasteiger partial charge in [-0.15, -0.1) is 0 Å². The highest BCUT2D eigenvalue weighted by molar-refractivity contribution is 7.87. The van der Waals surface area contributed by atoms with Crippen LogP contribution in [-0.2, 0) is 21.6 Å². The second kappa shape index (κ2) is 10.1. The highest BCUT2D eigenvalue weighted by Gasteiger charge is 2.33. The van der Waals surface area contributed by atoms with Crippen molar-refractivity contribution in [3.8, 4) is 5.75 Å². The van der Waals surface area contributed by atoms with Gasteiger partial charge in [0.15, 0.2) is 0 Å². The molecule has 1 aliphatic heterocycles. The largest absolute Gasteiger partial charge is 0.487 e. The van der Waals surface area contributed by atoms with Crippen LogP contribution in [0.5, 0.6) is 5.75 Å². The minimum atomic E-state index is -3.90. The normalized spacial score (nSPS) is 16.3. The Morgan fingerprint density at radius 3 is 2.39 bits per heavy atom. The van der Waals surface area contributed by atoms with Crippen LogP contribution in [0.15, 0.2) is 48.8 Å². The third kappa shape index (κ3) is 5.93. The third-order valence-electron chi connectivity index (χ3n) is 5.14. The monoisotopic (exact) mass is 448 g/mol. The van der Waals surface area contributed by atoms with E-state index in [1.54, 1.807) is 26.2 Å². The summed E-state index contributed by atoms with van der Waals surface area (Å²) < 4.78 is 35.0. The number of nitrogens with one attached hydrogen (secondary N) is 1. The Morgan fingerprint density at radius 1 is 1.13 bits per heavy atom. The lowest BCUT2D eigenvalue weighted by Crippen LogP contribution is -2.55. The Hall–Kier alpha value is -2.69. The molecule has 1 saturated heterocycles. The fourth-order valence-corrected chi connectivity index (χ4v) is 4.84. The van der Waals surface area contributed by atoms with Crippen molar-refractivity contribution < 1.29 is 23.1 Å². The van der Waals surface area contributed by atoms with E-state index in [2.05, 4.69) is 14.6 Å². The van der Waals surface area contributed by atoms with E-state index in [-0.39, 0.29) is 19.0 Å². The van der Waals surface area contributed by atoms with Crippen molar-refractivity contribution in [2.75, 3.05) is 31.1 Å². The van der Waals surface area contributed by atoms with Crippen LogP contribution in [0.3, 0.4) is 0 Å². The minimum Gasteiger partial charge on any atom is -0.487 e. The van der Waals surface area contributed by atoms with Crippen LogP contribution in [0.4, 0.5) is 5.69 Å². The molecule has 0 radical (unpaired) electrons. The highest BCUT2D eigenvalue weighted by atomic mass is 32.2. The van der Waals surface area contributed by atoms with E-state index in [9.17, 15) is 18.3 Å². The Bertz CT molecular complexity index is 976. The number of pyridine rings is 1. The van der Waals surface area contributed by atoms with Gasteiger partial charge in [0.25, 0.3) is 10.2 Å². The molecule has 1 fully saturated rings. The number of anilines is 1. The summed E-state index contributed by atoms with van der Waals surface area (Å²) in [4.78, 5) is 17.4. The molecule has 9 nitrogen and oxygen atoms in total. The van der Waals surface area contributed by atoms with E-state index < -0.39 is 22.2 Å². The molecule has 168 valence electrons. The van der Waals surface area contributed by atoms with Crippen LogP contribution in [0.1, 0.15) is 19.4 Å². The number of ether oxygens (including phenoxy) is 1. The molecule has 1 aliphatic rings. The molecule has 0 bridgehead atoms. The first-order valence-electron chi connectivity index (χ1n) is 10.1. The average Bonchev–Trinajstić information content (AvgIpc) is 2.77. The van der Waals surface area contributed by atoms with Crippen molar-refractivity contribution in [1.29, 1.82) is 0 Å². The lowest BCUT2D eigenvalue weighted by molar-refractivity contribution is -0.140. The number of para-hydroxylation sites is 2. The molecule has 31 heavy (non-hydrogen) atoms. The maximum Gasteiger partial charge on any atom is 0.322 e. The predicted octanol–water partition coefficient (Wildman–Crippen LogP) is 1.73. The summed E-state index contributed by atoms with van der Waals surface area (Å²) >= 11 is 0. The van der Waals surface area contributed by atoms with E-state index in [1.165, 1.54) is 4.31 Å². The number of carboxylic acids is 1. The number of carbonyl (C=O) groups is 1. The SMILES string of the molecule is CC(C)[C@@H](NS(=O)(=O)N1CCN(c2ccccc2OCc2ccncc2)CC1)C(=O)O. The van der Waals surface area contributed by atoms with E-state index in [0.717, 1.165) is 17.0 Å². The number of aliphatic carboxylic acids is 1. The van der Waals surface area contributed by atoms with Crippen LogP contribution in [0.25, 0.3) is 0 Å². The predicted molar refractivity (Wildman–Crippen MR) is 117 cm³/mol.